The summed E-state index contributed by atoms with van der Waals surface area (Å²) in [5, 5.41) is 39.5. The zero-order chi connectivity index (χ0) is 23.1. The van der Waals surface area contributed by atoms with E-state index in [1.54, 1.807) is 0 Å². The molecule has 13 nitrogen and oxygen atoms in total. The number of rotatable bonds is 8. The van der Waals surface area contributed by atoms with Crippen molar-refractivity contribution in [1.29, 1.82) is 0 Å². The number of azo groups is 1. The zero-order valence-electron chi connectivity index (χ0n) is 16.3. The van der Waals surface area contributed by atoms with E-state index in [0.717, 1.165) is 32.2 Å². The van der Waals surface area contributed by atoms with Crippen LogP contribution in [0.2, 0.25) is 0 Å². The predicted octanol–water partition coefficient (Wildman–Crippen LogP) is 3.27. The maximum atomic E-state index is 11.7. The van der Waals surface area contributed by atoms with Gasteiger partial charge in [0.25, 0.3) is 5.69 Å². The largest absolute Gasteiger partial charge is 0.506 e. The molecule has 0 aromatic heterocycles. The number of hydrogen-bond acceptors (Lipinski definition) is 11. The lowest BCUT2D eigenvalue weighted by atomic mass is 10.1. The van der Waals surface area contributed by atoms with Crippen LogP contribution in [0, 0.1) is 20.2 Å². The lowest BCUT2D eigenvalue weighted by Crippen LogP contribution is -2.29. The first-order valence-electron chi connectivity index (χ1n) is 8.54. The summed E-state index contributed by atoms with van der Waals surface area (Å²) in [6.45, 7) is 1.13. The third-order valence-corrected chi connectivity index (χ3v) is 3.87. The van der Waals surface area contributed by atoms with Crippen molar-refractivity contribution in [2.75, 3.05) is 7.11 Å². The SMILES string of the molecule is COC(=O)[C@@H](Cc1ccc(N=Nc2ccc([N+](=O)[O-])cc2[N+](=O)[O-])c(O)c1)OC(C)=O. The summed E-state index contributed by atoms with van der Waals surface area (Å²) in [4.78, 5) is 43.2. The van der Waals surface area contributed by atoms with Crippen LogP contribution < -0.4 is 0 Å². The van der Waals surface area contributed by atoms with Gasteiger partial charge in [-0.15, -0.1) is 10.2 Å². The van der Waals surface area contributed by atoms with E-state index >= 15 is 0 Å². The summed E-state index contributed by atoms with van der Waals surface area (Å²) in [5.74, 6) is -1.82. The molecular weight excluding hydrogens is 416 g/mol. The summed E-state index contributed by atoms with van der Waals surface area (Å²) in [5.41, 5.74) is -1.00. The molecule has 0 amide bonds. The highest BCUT2D eigenvalue weighted by molar-refractivity contribution is 5.78. The van der Waals surface area contributed by atoms with E-state index in [0.29, 0.717) is 5.56 Å². The van der Waals surface area contributed by atoms with Gasteiger partial charge in [-0.05, 0) is 23.8 Å². The minimum absolute atomic E-state index is 0.0569. The van der Waals surface area contributed by atoms with Crippen LogP contribution in [0.4, 0.5) is 22.7 Å². The number of nitro benzene ring substituents is 2. The van der Waals surface area contributed by atoms with E-state index in [9.17, 15) is 34.9 Å². The highest BCUT2D eigenvalue weighted by Crippen LogP contribution is 2.34. The van der Waals surface area contributed by atoms with Gasteiger partial charge >= 0.3 is 17.6 Å². The summed E-state index contributed by atoms with van der Waals surface area (Å²) >= 11 is 0. The number of aromatic hydroxyl groups is 1. The number of ether oxygens (including phenoxy) is 2. The first-order chi connectivity index (χ1) is 14.6. The fourth-order valence-electron chi connectivity index (χ4n) is 2.46. The number of carbonyl (C=O) groups excluding carboxylic acids is 2. The van der Waals surface area contributed by atoms with E-state index < -0.39 is 39.3 Å². The fourth-order valence-corrected chi connectivity index (χ4v) is 2.46. The van der Waals surface area contributed by atoms with Gasteiger partial charge in [0, 0.05) is 19.4 Å². The molecule has 0 bridgehead atoms. The van der Waals surface area contributed by atoms with Crippen LogP contribution in [0.25, 0.3) is 0 Å². The van der Waals surface area contributed by atoms with Crippen molar-refractivity contribution in [3.63, 3.8) is 0 Å². The molecule has 0 fully saturated rings. The van der Waals surface area contributed by atoms with E-state index in [1.165, 1.54) is 18.2 Å². The smallest absolute Gasteiger partial charge is 0.347 e. The van der Waals surface area contributed by atoms with E-state index in [1.807, 2.05) is 0 Å². The average Bonchev–Trinajstić information content (AvgIpc) is 2.71. The molecule has 0 heterocycles. The highest BCUT2D eigenvalue weighted by Gasteiger charge is 2.23. The Morgan fingerprint density at radius 3 is 2.26 bits per heavy atom. The molecule has 1 atom stereocenters. The van der Waals surface area contributed by atoms with Crippen molar-refractivity contribution in [1.82, 2.24) is 0 Å². The Morgan fingerprint density at radius 2 is 1.71 bits per heavy atom. The highest BCUT2D eigenvalue weighted by atomic mass is 16.6. The zero-order valence-corrected chi connectivity index (χ0v) is 16.3. The van der Waals surface area contributed by atoms with E-state index in [2.05, 4.69) is 15.0 Å². The molecule has 2 rings (SSSR count). The Kier molecular flexibility index (Phi) is 7.28. The number of phenolic OH excluding ortho intramolecular Hbond substituents is 1. The van der Waals surface area contributed by atoms with Crippen molar-refractivity contribution in [2.45, 2.75) is 19.4 Å². The Bertz CT molecular complexity index is 1070. The van der Waals surface area contributed by atoms with Gasteiger partial charge in [0.2, 0.25) is 6.10 Å². The molecule has 0 saturated carbocycles. The third kappa shape index (κ3) is 6.03. The number of nitrogens with zero attached hydrogens (tertiary/aromatic N) is 4. The van der Waals surface area contributed by atoms with Crippen molar-refractivity contribution >= 4 is 34.7 Å². The fraction of sp³-hybridized carbons (Fsp3) is 0.222. The number of benzene rings is 2. The van der Waals surface area contributed by atoms with Crippen molar-refractivity contribution in [3.8, 4) is 5.75 Å². The minimum Gasteiger partial charge on any atom is -0.506 e. The minimum atomic E-state index is -1.21. The number of esters is 2. The Balaban J connectivity index is 2.27. The molecule has 1 N–H and O–H groups in total. The van der Waals surface area contributed by atoms with Gasteiger partial charge in [0.05, 0.1) is 23.0 Å². The van der Waals surface area contributed by atoms with Gasteiger partial charge in [-0.25, -0.2) is 4.79 Å². The molecule has 0 saturated heterocycles. The quantitative estimate of drug-likeness (QED) is 0.283. The first kappa shape index (κ1) is 22.9. The standard InChI is InChI=1S/C18H16N4O9/c1-10(23)31-17(18(25)30-2)8-11-3-5-14(16(24)7-11)20-19-13-6-4-12(21(26)27)9-15(13)22(28)29/h3-7,9,17,24H,8H2,1-2H3/t17-/m1/s1. The van der Waals surface area contributed by atoms with Gasteiger partial charge in [-0.1, -0.05) is 6.07 Å². The second-order valence-corrected chi connectivity index (χ2v) is 6.04. The second-order valence-electron chi connectivity index (χ2n) is 6.04. The van der Waals surface area contributed by atoms with Crippen molar-refractivity contribution in [3.05, 3.63) is 62.2 Å². The number of hydrogen-bond donors (Lipinski definition) is 1. The summed E-state index contributed by atoms with van der Waals surface area (Å²) < 4.78 is 9.47. The van der Waals surface area contributed by atoms with Crippen LogP contribution in [-0.4, -0.2) is 40.1 Å². The van der Waals surface area contributed by atoms with E-state index in [4.69, 9.17) is 4.74 Å². The summed E-state index contributed by atoms with van der Waals surface area (Å²) in [6.07, 6.45) is -1.29. The molecule has 2 aromatic rings. The molecule has 13 heteroatoms. The molecule has 2 aromatic carbocycles. The van der Waals surface area contributed by atoms with Gasteiger partial charge in [-0.2, -0.15) is 0 Å². The number of phenols is 1. The average molecular weight is 432 g/mol. The maximum Gasteiger partial charge on any atom is 0.347 e. The molecule has 0 spiro atoms. The second kappa shape index (κ2) is 9.87. The molecule has 0 aliphatic heterocycles. The molecule has 162 valence electrons. The number of nitro groups is 2. The van der Waals surface area contributed by atoms with Gasteiger partial charge < -0.3 is 14.6 Å². The third-order valence-electron chi connectivity index (χ3n) is 3.87. The lowest BCUT2D eigenvalue weighted by molar-refractivity contribution is -0.393. The van der Waals surface area contributed by atoms with Crippen LogP contribution in [0.15, 0.2) is 46.6 Å². The van der Waals surface area contributed by atoms with Crippen molar-refractivity contribution in [2.24, 2.45) is 10.2 Å². The monoisotopic (exact) mass is 432 g/mol. The van der Waals surface area contributed by atoms with Crippen molar-refractivity contribution < 1.29 is 34.0 Å². The molecule has 31 heavy (non-hydrogen) atoms. The Labute approximate surface area is 174 Å². The van der Waals surface area contributed by atoms with E-state index in [-0.39, 0.29) is 23.5 Å². The van der Waals surface area contributed by atoms with Gasteiger partial charge in [-0.3, -0.25) is 25.0 Å². The Hall–Kier alpha value is -4.42. The topological polar surface area (TPSA) is 184 Å². The van der Waals surface area contributed by atoms with Crippen LogP contribution in [0.3, 0.4) is 0 Å². The van der Waals surface area contributed by atoms with Crippen LogP contribution in [0.5, 0.6) is 5.75 Å². The normalized spacial score (nSPS) is 11.7. The molecule has 0 aliphatic rings. The number of non-ortho nitro benzene ring substituents is 1. The van der Waals surface area contributed by atoms with Crippen LogP contribution >= 0.6 is 0 Å². The molecule has 0 unspecified atom stereocenters. The molecular formula is C18H16N4O9. The lowest BCUT2D eigenvalue weighted by Gasteiger charge is -2.14. The number of carbonyl (C=O) groups is 2. The van der Waals surface area contributed by atoms with Crippen LogP contribution in [0.1, 0.15) is 12.5 Å². The Morgan fingerprint density at radius 1 is 1.06 bits per heavy atom. The molecule has 0 aliphatic carbocycles. The predicted molar refractivity (Wildman–Crippen MR) is 103 cm³/mol. The first-order valence-corrected chi connectivity index (χ1v) is 8.54. The van der Waals surface area contributed by atoms with Crippen LogP contribution in [-0.2, 0) is 25.5 Å². The molecule has 0 radical (unpaired) electrons. The number of methoxy groups -OCH3 is 1. The summed E-state index contributed by atoms with van der Waals surface area (Å²) in [7, 11) is 1.14. The summed E-state index contributed by atoms with van der Waals surface area (Å²) in [6, 6.07) is 6.89. The maximum absolute atomic E-state index is 11.7. The van der Waals surface area contributed by atoms with Gasteiger partial charge in [0.15, 0.2) is 5.69 Å². The van der Waals surface area contributed by atoms with Gasteiger partial charge in [0.1, 0.15) is 11.4 Å².